The van der Waals surface area contributed by atoms with Gasteiger partial charge in [-0.3, -0.25) is 0 Å². The van der Waals surface area contributed by atoms with Crippen LogP contribution in [0.1, 0.15) is 24.8 Å². The molecule has 0 N–H and O–H groups in total. The molecule has 1 aromatic heterocycles. The van der Waals surface area contributed by atoms with Gasteiger partial charge in [0.25, 0.3) is 0 Å². The van der Waals surface area contributed by atoms with Crippen molar-refractivity contribution in [3.8, 4) is 6.07 Å². The SMILES string of the molecule is CC(CC#N)c1c(N=O)ncnc1N=O. The van der Waals surface area contributed by atoms with Gasteiger partial charge in [-0.05, 0) is 10.4 Å². The van der Waals surface area contributed by atoms with Crippen molar-refractivity contribution in [3.05, 3.63) is 21.7 Å². The van der Waals surface area contributed by atoms with Crippen LogP contribution in [0.4, 0.5) is 11.6 Å². The van der Waals surface area contributed by atoms with Crippen molar-refractivity contribution in [1.82, 2.24) is 9.97 Å². The summed E-state index contributed by atoms with van der Waals surface area (Å²) in [5, 5.41) is 13.9. The summed E-state index contributed by atoms with van der Waals surface area (Å²) in [6.07, 6.45) is 1.18. The summed E-state index contributed by atoms with van der Waals surface area (Å²) in [6.45, 7) is 1.67. The number of nitriles is 1. The van der Waals surface area contributed by atoms with E-state index in [9.17, 15) is 9.81 Å². The summed E-state index contributed by atoms with van der Waals surface area (Å²) in [5.74, 6) is -0.624. The van der Waals surface area contributed by atoms with Crippen LogP contribution in [-0.2, 0) is 0 Å². The predicted octanol–water partition coefficient (Wildman–Crippen LogP) is 2.29. The highest BCUT2D eigenvalue weighted by molar-refractivity contribution is 5.53. The van der Waals surface area contributed by atoms with E-state index in [4.69, 9.17) is 5.26 Å². The van der Waals surface area contributed by atoms with Gasteiger partial charge in [0.2, 0.25) is 11.6 Å². The monoisotopic (exact) mass is 205 g/mol. The van der Waals surface area contributed by atoms with Gasteiger partial charge in [-0.15, -0.1) is 9.81 Å². The van der Waals surface area contributed by atoms with Crippen LogP contribution in [0.5, 0.6) is 0 Å². The summed E-state index contributed by atoms with van der Waals surface area (Å²) >= 11 is 0. The van der Waals surface area contributed by atoms with Crippen LogP contribution in [0.25, 0.3) is 0 Å². The minimum absolute atomic E-state index is 0.137. The normalized spacial score (nSPS) is 11.5. The van der Waals surface area contributed by atoms with E-state index >= 15 is 0 Å². The molecular weight excluding hydrogens is 198 g/mol. The van der Waals surface area contributed by atoms with Crippen molar-refractivity contribution in [1.29, 1.82) is 5.26 Å². The van der Waals surface area contributed by atoms with E-state index < -0.39 is 0 Å². The van der Waals surface area contributed by atoms with Crippen molar-refractivity contribution < 1.29 is 0 Å². The smallest absolute Gasteiger partial charge is 0.205 e. The topological polar surface area (TPSA) is 108 Å². The lowest BCUT2D eigenvalue weighted by atomic mass is 9.99. The second-order valence-corrected chi connectivity index (χ2v) is 2.88. The maximum absolute atomic E-state index is 10.4. The second-order valence-electron chi connectivity index (χ2n) is 2.88. The van der Waals surface area contributed by atoms with Crippen LogP contribution in [0.2, 0.25) is 0 Å². The summed E-state index contributed by atoms with van der Waals surface area (Å²) in [4.78, 5) is 28.1. The van der Waals surface area contributed by atoms with E-state index in [2.05, 4.69) is 20.3 Å². The Bertz CT molecular complexity index is 399. The third-order valence-corrected chi connectivity index (χ3v) is 1.91. The average Bonchev–Trinajstić information content (AvgIpc) is 2.28. The molecule has 0 aliphatic heterocycles. The van der Waals surface area contributed by atoms with Crippen LogP contribution >= 0.6 is 0 Å². The first-order chi connectivity index (χ1) is 7.24. The molecule has 1 atom stereocenters. The van der Waals surface area contributed by atoms with Crippen molar-refractivity contribution in [2.45, 2.75) is 19.3 Å². The molecule has 0 amide bonds. The van der Waals surface area contributed by atoms with Gasteiger partial charge in [-0.2, -0.15) is 5.26 Å². The predicted molar refractivity (Wildman–Crippen MR) is 51.6 cm³/mol. The molecule has 0 saturated heterocycles. The zero-order chi connectivity index (χ0) is 11.3. The largest absolute Gasteiger partial charge is 0.213 e. The summed E-state index contributed by atoms with van der Waals surface area (Å²) in [6, 6.07) is 1.93. The Balaban J connectivity index is 3.28. The molecule has 0 spiro atoms. The Morgan fingerprint density at radius 1 is 1.40 bits per heavy atom. The number of nitroso groups, excluding NO2 is 2. The minimum atomic E-state index is -0.350. The third-order valence-electron chi connectivity index (χ3n) is 1.91. The van der Waals surface area contributed by atoms with E-state index in [1.807, 2.05) is 6.07 Å². The molecule has 1 aromatic rings. The average molecular weight is 205 g/mol. The molecule has 0 aromatic carbocycles. The van der Waals surface area contributed by atoms with E-state index in [0.29, 0.717) is 0 Å². The van der Waals surface area contributed by atoms with Crippen LogP contribution in [0, 0.1) is 21.1 Å². The van der Waals surface area contributed by atoms with E-state index in [1.54, 1.807) is 6.92 Å². The van der Waals surface area contributed by atoms with Crippen LogP contribution < -0.4 is 0 Å². The quantitative estimate of drug-likeness (QED) is 0.700. The molecule has 0 aliphatic rings. The molecule has 0 radical (unpaired) electrons. The molecule has 7 heteroatoms. The molecule has 0 bridgehead atoms. The first-order valence-electron chi connectivity index (χ1n) is 4.13. The van der Waals surface area contributed by atoms with Crippen LogP contribution in [0.3, 0.4) is 0 Å². The van der Waals surface area contributed by atoms with E-state index in [0.717, 1.165) is 6.33 Å². The molecule has 0 aliphatic carbocycles. The number of nitrogens with zero attached hydrogens (tertiary/aromatic N) is 5. The molecule has 1 unspecified atom stereocenters. The molecule has 7 nitrogen and oxygen atoms in total. The fourth-order valence-corrected chi connectivity index (χ4v) is 1.20. The molecule has 1 heterocycles. The maximum atomic E-state index is 10.4. The maximum Gasteiger partial charge on any atom is 0.205 e. The molecule has 15 heavy (non-hydrogen) atoms. The first-order valence-corrected chi connectivity index (χ1v) is 4.13. The molecule has 0 saturated carbocycles. The summed E-state index contributed by atoms with van der Waals surface area (Å²) in [7, 11) is 0. The molecule has 76 valence electrons. The minimum Gasteiger partial charge on any atom is -0.213 e. The van der Waals surface area contributed by atoms with Crippen LogP contribution in [-0.4, -0.2) is 9.97 Å². The Morgan fingerprint density at radius 2 is 1.93 bits per heavy atom. The second kappa shape index (κ2) is 4.85. The number of hydrogen-bond acceptors (Lipinski definition) is 7. The highest BCUT2D eigenvalue weighted by Gasteiger charge is 2.19. The summed E-state index contributed by atoms with van der Waals surface area (Å²) < 4.78 is 0. The Labute approximate surface area is 85.1 Å². The first kappa shape index (κ1) is 10.8. The Kier molecular flexibility index (Phi) is 3.51. The molecule has 0 fully saturated rings. The van der Waals surface area contributed by atoms with Crippen molar-refractivity contribution in [2.24, 2.45) is 10.4 Å². The van der Waals surface area contributed by atoms with Gasteiger partial charge >= 0.3 is 0 Å². The lowest BCUT2D eigenvalue weighted by Gasteiger charge is -2.08. The fourth-order valence-electron chi connectivity index (χ4n) is 1.20. The third kappa shape index (κ3) is 2.17. The number of rotatable bonds is 4. The highest BCUT2D eigenvalue weighted by Crippen LogP contribution is 2.33. The number of hydrogen-bond donors (Lipinski definition) is 0. The van der Waals surface area contributed by atoms with Crippen molar-refractivity contribution in [2.75, 3.05) is 0 Å². The van der Waals surface area contributed by atoms with Crippen molar-refractivity contribution >= 4 is 11.6 Å². The zero-order valence-corrected chi connectivity index (χ0v) is 7.91. The van der Waals surface area contributed by atoms with Gasteiger partial charge in [0.05, 0.1) is 11.6 Å². The molecule has 1 rings (SSSR count). The lowest BCUT2D eigenvalue weighted by Crippen LogP contribution is -1.97. The van der Waals surface area contributed by atoms with Gasteiger partial charge in [-0.25, -0.2) is 9.97 Å². The summed E-state index contributed by atoms with van der Waals surface area (Å²) in [5.41, 5.74) is 0.226. The van der Waals surface area contributed by atoms with Crippen LogP contribution in [0.15, 0.2) is 16.7 Å². The van der Waals surface area contributed by atoms with E-state index in [-0.39, 0.29) is 29.5 Å². The Hall–Kier alpha value is -2.23. The van der Waals surface area contributed by atoms with Gasteiger partial charge in [0, 0.05) is 12.3 Å². The number of aromatic nitrogens is 2. The van der Waals surface area contributed by atoms with Gasteiger partial charge < -0.3 is 0 Å². The highest BCUT2D eigenvalue weighted by atomic mass is 16.3. The standard InChI is InChI=1S/C8H7N5O2/c1-5(2-3-9)6-7(12-14)10-4-11-8(6)13-15/h4-5H,2H2,1H3. The van der Waals surface area contributed by atoms with Gasteiger partial charge in [-0.1, -0.05) is 6.92 Å². The van der Waals surface area contributed by atoms with Gasteiger partial charge in [0.1, 0.15) is 6.33 Å². The molecular formula is C8H7N5O2. The van der Waals surface area contributed by atoms with E-state index in [1.165, 1.54) is 0 Å². The van der Waals surface area contributed by atoms with Crippen molar-refractivity contribution in [3.63, 3.8) is 0 Å². The lowest BCUT2D eigenvalue weighted by molar-refractivity contribution is 0.777. The fraction of sp³-hybridized carbons (Fsp3) is 0.375. The Morgan fingerprint density at radius 3 is 2.33 bits per heavy atom. The van der Waals surface area contributed by atoms with Gasteiger partial charge in [0.15, 0.2) is 0 Å². The zero-order valence-electron chi connectivity index (χ0n) is 7.91.